The van der Waals surface area contributed by atoms with Crippen molar-refractivity contribution in [3.63, 3.8) is 0 Å². The minimum atomic E-state index is -0.523. The van der Waals surface area contributed by atoms with Gasteiger partial charge in [0.15, 0.2) is 6.10 Å². The molecule has 0 saturated heterocycles. The van der Waals surface area contributed by atoms with Crippen LogP contribution in [-0.4, -0.2) is 11.9 Å². The van der Waals surface area contributed by atoms with Gasteiger partial charge in [0.2, 0.25) is 0 Å². The Balaban J connectivity index is 2.16. The summed E-state index contributed by atoms with van der Waals surface area (Å²) in [6.07, 6.45) is 4.63. The standard InChI is InChI=1S/C12H13N3O/c13-12(14)11-10(7-4-8-16-11)15-9-5-2-1-3-6-9/h1-8,11,15H,(H3,13,14). The van der Waals surface area contributed by atoms with E-state index in [9.17, 15) is 0 Å². The third-order valence-corrected chi connectivity index (χ3v) is 2.20. The second-order valence-corrected chi connectivity index (χ2v) is 3.41. The predicted octanol–water partition coefficient (Wildman–Crippen LogP) is 1.83. The molecule has 0 saturated carbocycles. The van der Waals surface area contributed by atoms with Gasteiger partial charge in [0.05, 0.1) is 12.0 Å². The highest BCUT2D eigenvalue weighted by Gasteiger charge is 2.19. The Hall–Kier alpha value is -2.23. The molecule has 0 bridgehead atoms. The number of nitrogens with two attached hydrogens (primary N) is 1. The lowest BCUT2D eigenvalue weighted by Crippen LogP contribution is -2.34. The van der Waals surface area contributed by atoms with Gasteiger partial charge in [-0.15, -0.1) is 0 Å². The van der Waals surface area contributed by atoms with Crippen molar-refractivity contribution in [3.8, 4) is 0 Å². The molecule has 1 heterocycles. The number of ether oxygens (including phenoxy) is 1. The summed E-state index contributed by atoms with van der Waals surface area (Å²) in [6.45, 7) is 0. The summed E-state index contributed by atoms with van der Waals surface area (Å²) in [5.74, 6) is -0.0148. The zero-order valence-corrected chi connectivity index (χ0v) is 8.68. The minimum absolute atomic E-state index is 0.0148. The van der Waals surface area contributed by atoms with Gasteiger partial charge in [0, 0.05) is 5.69 Å². The lowest BCUT2D eigenvalue weighted by atomic mass is 10.2. The molecule has 4 heteroatoms. The molecule has 2 rings (SSSR count). The van der Waals surface area contributed by atoms with E-state index in [4.69, 9.17) is 15.9 Å². The van der Waals surface area contributed by atoms with Crippen molar-refractivity contribution in [2.45, 2.75) is 6.10 Å². The Morgan fingerprint density at radius 3 is 2.75 bits per heavy atom. The largest absolute Gasteiger partial charge is 0.484 e. The van der Waals surface area contributed by atoms with Crippen LogP contribution in [0.5, 0.6) is 0 Å². The fourth-order valence-corrected chi connectivity index (χ4v) is 1.46. The molecule has 0 aromatic heterocycles. The Morgan fingerprint density at radius 1 is 1.31 bits per heavy atom. The van der Waals surface area contributed by atoms with Gasteiger partial charge in [-0.05, 0) is 24.3 Å². The van der Waals surface area contributed by atoms with Crippen molar-refractivity contribution in [3.05, 3.63) is 54.4 Å². The van der Waals surface area contributed by atoms with Crippen molar-refractivity contribution in [1.29, 1.82) is 5.41 Å². The molecule has 1 aromatic rings. The first kappa shape index (κ1) is 10.3. The number of nitrogens with one attached hydrogen (secondary N) is 2. The maximum Gasteiger partial charge on any atom is 0.193 e. The monoisotopic (exact) mass is 215 g/mol. The third kappa shape index (κ3) is 2.23. The molecule has 4 N–H and O–H groups in total. The van der Waals surface area contributed by atoms with Crippen LogP contribution in [0.4, 0.5) is 5.69 Å². The molecule has 1 atom stereocenters. The van der Waals surface area contributed by atoms with Crippen molar-refractivity contribution in [1.82, 2.24) is 0 Å². The quantitative estimate of drug-likeness (QED) is 0.532. The van der Waals surface area contributed by atoms with Gasteiger partial charge in [0.25, 0.3) is 0 Å². The molecule has 16 heavy (non-hydrogen) atoms. The van der Waals surface area contributed by atoms with Gasteiger partial charge >= 0.3 is 0 Å². The second kappa shape index (κ2) is 4.53. The summed E-state index contributed by atoms with van der Waals surface area (Å²) in [5, 5.41) is 10.6. The molecule has 1 aliphatic rings. The average Bonchev–Trinajstić information content (AvgIpc) is 2.31. The fraction of sp³-hybridized carbons (Fsp3) is 0.0833. The van der Waals surface area contributed by atoms with Crippen molar-refractivity contribution in [2.24, 2.45) is 5.73 Å². The molecule has 0 aliphatic carbocycles. The van der Waals surface area contributed by atoms with Crippen LogP contribution in [0, 0.1) is 5.41 Å². The van der Waals surface area contributed by atoms with Gasteiger partial charge in [-0.25, -0.2) is 0 Å². The maximum absolute atomic E-state index is 7.42. The highest BCUT2D eigenvalue weighted by atomic mass is 16.5. The van der Waals surface area contributed by atoms with E-state index in [0.29, 0.717) is 0 Å². The number of anilines is 1. The Labute approximate surface area is 93.9 Å². The van der Waals surface area contributed by atoms with E-state index in [1.54, 1.807) is 6.08 Å². The zero-order chi connectivity index (χ0) is 11.4. The molecule has 1 aliphatic heterocycles. The van der Waals surface area contributed by atoms with Crippen LogP contribution in [0.2, 0.25) is 0 Å². The lowest BCUT2D eigenvalue weighted by molar-refractivity contribution is 0.227. The molecule has 4 nitrogen and oxygen atoms in total. The van der Waals surface area contributed by atoms with E-state index in [-0.39, 0.29) is 5.84 Å². The van der Waals surface area contributed by atoms with Crippen molar-refractivity contribution >= 4 is 11.5 Å². The second-order valence-electron chi connectivity index (χ2n) is 3.41. The minimum Gasteiger partial charge on any atom is -0.484 e. The number of rotatable bonds is 3. The fourth-order valence-electron chi connectivity index (χ4n) is 1.46. The highest BCUT2D eigenvalue weighted by molar-refractivity contribution is 5.86. The number of para-hydroxylation sites is 1. The molecular formula is C12H13N3O. The van der Waals surface area contributed by atoms with Crippen LogP contribution in [0.15, 0.2) is 54.4 Å². The van der Waals surface area contributed by atoms with E-state index in [0.717, 1.165) is 11.4 Å². The Morgan fingerprint density at radius 2 is 2.06 bits per heavy atom. The van der Waals surface area contributed by atoms with Crippen LogP contribution in [-0.2, 0) is 4.74 Å². The van der Waals surface area contributed by atoms with Crippen LogP contribution >= 0.6 is 0 Å². The zero-order valence-electron chi connectivity index (χ0n) is 8.68. The summed E-state index contributed by atoms with van der Waals surface area (Å²) in [4.78, 5) is 0. The third-order valence-electron chi connectivity index (χ3n) is 2.20. The molecule has 1 unspecified atom stereocenters. The molecule has 0 spiro atoms. The molecule has 0 amide bonds. The predicted molar refractivity (Wildman–Crippen MR) is 64.1 cm³/mol. The summed E-state index contributed by atoms with van der Waals surface area (Å²) >= 11 is 0. The van der Waals surface area contributed by atoms with E-state index in [2.05, 4.69) is 5.32 Å². The normalized spacial score (nSPS) is 18.5. The Bertz CT molecular complexity index is 437. The van der Waals surface area contributed by atoms with Crippen LogP contribution in [0.25, 0.3) is 0 Å². The first-order valence-corrected chi connectivity index (χ1v) is 4.95. The van der Waals surface area contributed by atoms with Gasteiger partial charge in [-0.2, -0.15) is 0 Å². The molecule has 0 radical (unpaired) electrons. The SMILES string of the molecule is N=C(N)C1OC=CC=C1Nc1ccccc1. The lowest BCUT2D eigenvalue weighted by Gasteiger charge is -2.22. The van der Waals surface area contributed by atoms with Gasteiger partial charge in [-0.3, -0.25) is 5.41 Å². The summed E-state index contributed by atoms with van der Waals surface area (Å²) in [6, 6.07) is 9.70. The number of hydrogen-bond acceptors (Lipinski definition) is 3. The van der Waals surface area contributed by atoms with Crippen LogP contribution < -0.4 is 11.1 Å². The first-order chi connectivity index (χ1) is 7.77. The molecule has 82 valence electrons. The van der Waals surface area contributed by atoms with E-state index >= 15 is 0 Å². The topological polar surface area (TPSA) is 71.1 Å². The van der Waals surface area contributed by atoms with E-state index in [1.807, 2.05) is 36.4 Å². The van der Waals surface area contributed by atoms with Crippen LogP contribution in [0.3, 0.4) is 0 Å². The molecule has 1 aromatic carbocycles. The van der Waals surface area contributed by atoms with E-state index in [1.165, 1.54) is 6.26 Å². The average molecular weight is 215 g/mol. The van der Waals surface area contributed by atoms with Gasteiger partial charge in [0.1, 0.15) is 5.84 Å². The Kier molecular flexibility index (Phi) is 2.91. The summed E-state index contributed by atoms with van der Waals surface area (Å²) in [5.41, 5.74) is 7.16. The summed E-state index contributed by atoms with van der Waals surface area (Å²) in [7, 11) is 0. The van der Waals surface area contributed by atoms with Crippen molar-refractivity contribution < 1.29 is 4.74 Å². The van der Waals surface area contributed by atoms with E-state index < -0.39 is 6.10 Å². The number of hydrogen-bond donors (Lipinski definition) is 3. The van der Waals surface area contributed by atoms with Gasteiger partial charge < -0.3 is 15.8 Å². The molecule has 0 fully saturated rings. The molecular weight excluding hydrogens is 202 g/mol. The van der Waals surface area contributed by atoms with Gasteiger partial charge in [-0.1, -0.05) is 18.2 Å². The summed E-state index contributed by atoms with van der Waals surface area (Å²) < 4.78 is 5.26. The maximum atomic E-state index is 7.42. The number of benzene rings is 1. The number of allylic oxidation sites excluding steroid dienone is 2. The highest BCUT2D eigenvalue weighted by Crippen LogP contribution is 2.16. The smallest absolute Gasteiger partial charge is 0.193 e. The van der Waals surface area contributed by atoms with Crippen LogP contribution in [0.1, 0.15) is 0 Å². The number of amidine groups is 1. The van der Waals surface area contributed by atoms with Crippen molar-refractivity contribution in [2.75, 3.05) is 5.32 Å². The first-order valence-electron chi connectivity index (χ1n) is 4.95.